The van der Waals surface area contributed by atoms with Gasteiger partial charge in [-0.15, -0.1) is 0 Å². The standard InChI is InChI=1S/C81H112N20O23S2/c1-40(2)29-55(74(117)100-60(38-125)78(121)90-42(4)68(111)89-43(5)70(113)91-52(17-10-11-27-82)71(114)87-37-67(109)110)94-76(119)57(32-46-36-86-51-16-9-7-14-49(46)51)96-72(115)53(23-25-63(84)103)92-75(118)56(31-45-35-85-50-15-8-6-13-48(45)50)95-73(116)54(24-26-65(105)106)93-80(123)62-18-12-28-101(62)81(124)59(30-44-19-21-47(102)22-20-44)98-77(120)58(33-66(107)108)97-79(122)61(39-126)99-69(112)41(3)88-64(104)34-83/h6-9,13-16,19-22,35-36,40-43,52-62,85-86,102,125-126H,10-12,17-18,23-34,37-39,82-83H2,1-5H3,(H2,84,103)(H,87,114)(H,88,104)(H,89,111)(H,90,121)(H,91,113)(H,92,118)(H,93,123)(H,94,119)(H,95,116)(H,96,115)(H,97,122)(H,98,120)(H,99,112)(H,100,117)(H,105,106)(H,107,108)(H,109,110)/t41-,42-,43-,52-,53-,54-,55-,56-,57-,58-,59-,60-,61-,62-/m0/s1. The number of nitrogens with two attached hydrogens (primary N) is 3. The molecule has 126 heavy (non-hydrogen) atoms. The highest BCUT2D eigenvalue weighted by Crippen LogP contribution is 2.25. The molecule has 14 atom stereocenters. The van der Waals surface area contributed by atoms with Crippen LogP contribution in [0.25, 0.3) is 21.8 Å². The number of hydrogen-bond donors (Lipinski definition) is 25. The maximum Gasteiger partial charge on any atom is 0.322 e. The van der Waals surface area contributed by atoms with Gasteiger partial charge in [0.25, 0.3) is 0 Å². The van der Waals surface area contributed by atoms with Crippen molar-refractivity contribution in [3.8, 4) is 5.75 Å². The van der Waals surface area contributed by atoms with Crippen molar-refractivity contribution in [3.63, 3.8) is 0 Å². The number of fused-ring (bicyclic) bond motifs is 2. The highest BCUT2D eigenvalue weighted by atomic mass is 32.1. The number of para-hydroxylation sites is 2. The van der Waals surface area contributed by atoms with Gasteiger partial charge in [0.2, 0.25) is 94.5 Å². The molecule has 3 aromatic carbocycles. The van der Waals surface area contributed by atoms with Crippen LogP contribution in [0.2, 0.25) is 0 Å². The van der Waals surface area contributed by atoms with Crippen LogP contribution >= 0.6 is 25.3 Å². The molecule has 5 aromatic rings. The summed E-state index contributed by atoms with van der Waals surface area (Å²) in [6.07, 6.45) is -0.830. The molecule has 3 heterocycles. The Labute approximate surface area is 734 Å². The summed E-state index contributed by atoms with van der Waals surface area (Å²) in [4.78, 5) is 267. The molecule has 0 bridgehead atoms. The van der Waals surface area contributed by atoms with Gasteiger partial charge in [0.15, 0.2) is 0 Å². The van der Waals surface area contributed by atoms with E-state index in [1.165, 1.54) is 51.2 Å². The summed E-state index contributed by atoms with van der Waals surface area (Å²) < 4.78 is 0. The van der Waals surface area contributed by atoms with Crippen molar-refractivity contribution in [2.45, 2.75) is 209 Å². The SMILES string of the molecule is CC(C)C[C@H](NC(=O)[C@H](Cc1c[nH]c2ccccc12)NC(=O)[C@H](CCC(N)=O)NC(=O)[C@H](Cc1c[nH]c2ccccc12)NC(=O)[C@H](CCC(=O)O)NC(=O)[C@@H]1CCCN1C(=O)[C@H](Cc1ccc(O)cc1)NC(=O)[C@H](CC(=O)O)NC(=O)[C@H](CS)NC(=O)[C@H](C)NC(=O)CN)C(=O)N[C@@H](CS)C(=O)N[C@@H](C)C(=O)N[C@@H](C)C(=O)N[C@@H](CCCCN)C(=O)NCC(=O)O. The third-order valence-electron chi connectivity index (χ3n) is 20.3. The molecule has 16 amide bonds. The van der Waals surface area contributed by atoms with Gasteiger partial charge in [0.1, 0.15) is 96.9 Å². The fourth-order valence-corrected chi connectivity index (χ4v) is 14.1. The van der Waals surface area contributed by atoms with Crippen LogP contribution in [-0.2, 0) is 110 Å². The Hall–Kier alpha value is -12.9. The summed E-state index contributed by atoms with van der Waals surface area (Å²) in [5.74, 6) is -21.4. The fraction of sp³-hybridized carbons (Fsp3) is 0.494. The number of unbranched alkanes of at least 4 members (excludes halogenated alkanes) is 1. The number of aromatic amines is 2. The molecule has 686 valence electrons. The van der Waals surface area contributed by atoms with Crippen LogP contribution < -0.4 is 91.6 Å². The van der Waals surface area contributed by atoms with Gasteiger partial charge in [-0.2, -0.15) is 25.3 Å². The predicted octanol–water partition coefficient (Wildman–Crippen LogP) is -4.46. The molecule has 6 rings (SSSR count). The van der Waals surface area contributed by atoms with Crippen LogP contribution in [0.5, 0.6) is 5.75 Å². The molecule has 0 unspecified atom stereocenters. The molecule has 2 aromatic heterocycles. The first-order chi connectivity index (χ1) is 59.7. The number of thiol groups is 2. The summed E-state index contributed by atoms with van der Waals surface area (Å²) in [7, 11) is 0. The highest BCUT2D eigenvalue weighted by molar-refractivity contribution is 7.80. The lowest BCUT2D eigenvalue weighted by molar-refractivity contribution is -0.144. The minimum absolute atomic E-state index is 0.0838. The normalized spacial score (nSPS) is 15.5. The van der Waals surface area contributed by atoms with Crippen LogP contribution in [0.3, 0.4) is 0 Å². The molecule has 1 aliphatic heterocycles. The Morgan fingerprint density at radius 3 is 1.40 bits per heavy atom. The van der Waals surface area contributed by atoms with E-state index in [2.05, 4.69) is 110 Å². The van der Waals surface area contributed by atoms with Crippen molar-refractivity contribution >= 4 is 159 Å². The number of carbonyl (C=O) groups is 19. The fourth-order valence-electron chi connectivity index (χ4n) is 13.6. The van der Waals surface area contributed by atoms with Crippen LogP contribution in [-0.4, -0.2) is 270 Å². The maximum atomic E-state index is 15.3. The Morgan fingerprint density at radius 1 is 0.452 bits per heavy atom. The number of phenols is 1. The number of hydrogen-bond acceptors (Lipinski definition) is 24. The minimum atomic E-state index is -1.95. The number of aromatic hydroxyl groups is 1. The number of nitrogens with zero attached hydrogens (tertiary/aromatic N) is 1. The van der Waals surface area contributed by atoms with E-state index in [0.29, 0.717) is 51.3 Å². The van der Waals surface area contributed by atoms with Gasteiger partial charge in [-0.1, -0.05) is 62.4 Å². The number of phenolic OH excluding ortho intramolecular Hbond substituents is 1. The van der Waals surface area contributed by atoms with E-state index in [-0.39, 0.29) is 62.6 Å². The monoisotopic (exact) mass is 1800 g/mol. The van der Waals surface area contributed by atoms with Gasteiger partial charge in [0.05, 0.1) is 13.0 Å². The molecule has 1 fully saturated rings. The van der Waals surface area contributed by atoms with Crippen LogP contribution in [0.1, 0.15) is 122 Å². The number of aliphatic carboxylic acids is 3. The summed E-state index contributed by atoms with van der Waals surface area (Å²) in [5.41, 5.74) is 18.9. The van der Waals surface area contributed by atoms with Crippen LogP contribution in [0, 0.1) is 5.92 Å². The molecule has 1 aliphatic rings. The predicted molar refractivity (Wildman–Crippen MR) is 460 cm³/mol. The number of rotatable bonds is 52. The Bertz CT molecular complexity index is 4740. The lowest BCUT2D eigenvalue weighted by atomic mass is 9.99. The number of aromatic nitrogens is 2. The smallest absolute Gasteiger partial charge is 0.322 e. The van der Waals surface area contributed by atoms with Gasteiger partial charge >= 0.3 is 17.9 Å². The molecule has 0 aliphatic carbocycles. The average Bonchev–Trinajstić information content (AvgIpc) is 1.63. The lowest BCUT2D eigenvalue weighted by Gasteiger charge is -2.31. The molecule has 0 spiro atoms. The van der Waals surface area contributed by atoms with Crippen LogP contribution in [0.15, 0.2) is 85.2 Å². The Morgan fingerprint density at radius 2 is 0.881 bits per heavy atom. The van der Waals surface area contributed by atoms with Crippen molar-refractivity contribution in [2.24, 2.45) is 23.1 Å². The van der Waals surface area contributed by atoms with Gasteiger partial charge in [0, 0.05) is 84.4 Å². The summed E-state index contributed by atoms with van der Waals surface area (Å²) in [5, 5.41) is 74.9. The number of carboxylic acids is 3. The quantitative estimate of drug-likeness (QED) is 0.0129. The molecule has 0 radical (unpaired) electrons. The van der Waals surface area contributed by atoms with Gasteiger partial charge in [-0.25, -0.2) is 0 Å². The van der Waals surface area contributed by atoms with E-state index in [9.17, 15) is 82.4 Å². The summed E-state index contributed by atoms with van der Waals surface area (Å²) in [6.45, 7) is 6.18. The number of primary amides is 1. The zero-order chi connectivity index (χ0) is 93.2. The van der Waals surface area contributed by atoms with Crippen molar-refractivity contribution < 1.29 is 112 Å². The molecule has 45 heteroatoms. The summed E-state index contributed by atoms with van der Waals surface area (Å²) in [6, 6.07) is -2.78. The first-order valence-corrected chi connectivity index (χ1v) is 42.0. The van der Waals surface area contributed by atoms with E-state index in [4.69, 9.17) is 22.3 Å². The number of amides is 16. The molecule has 43 nitrogen and oxygen atoms in total. The highest BCUT2D eigenvalue weighted by Gasteiger charge is 2.42. The molecule has 26 N–H and O–H groups in total. The number of carbonyl (C=O) groups excluding carboxylic acids is 16. The molecule has 1 saturated heterocycles. The van der Waals surface area contributed by atoms with E-state index in [0.717, 1.165) is 4.90 Å². The van der Waals surface area contributed by atoms with Gasteiger partial charge in [-0.05, 0) is 126 Å². The Balaban J connectivity index is 1.26. The second kappa shape index (κ2) is 50.1. The van der Waals surface area contributed by atoms with E-state index in [1.54, 1.807) is 68.6 Å². The number of likely N-dealkylation sites (tertiary alicyclic amines) is 1. The van der Waals surface area contributed by atoms with Gasteiger partial charge < -0.3 is 127 Å². The van der Waals surface area contributed by atoms with Crippen molar-refractivity contribution in [3.05, 3.63) is 102 Å². The third-order valence-corrected chi connectivity index (χ3v) is 21.1. The van der Waals surface area contributed by atoms with Crippen LogP contribution in [0.4, 0.5) is 0 Å². The molecular formula is C81H112N20O23S2. The molecular weight excluding hydrogens is 1690 g/mol. The number of carboxylic acid groups (broad SMARTS) is 3. The third kappa shape index (κ3) is 32.0. The minimum Gasteiger partial charge on any atom is -0.508 e. The Kier molecular flexibility index (Phi) is 40.6. The molecule has 0 saturated carbocycles. The number of nitrogens with one attached hydrogen (secondary N) is 16. The maximum absolute atomic E-state index is 15.3. The zero-order valence-electron chi connectivity index (χ0n) is 70.0. The first kappa shape index (κ1) is 102. The topological polar surface area (TPSA) is 687 Å². The van der Waals surface area contributed by atoms with E-state index >= 15 is 24.0 Å². The largest absolute Gasteiger partial charge is 0.508 e. The summed E-state index contributed by atoms with van der Waals surface area (Å²) >= 11 is 8.42. The van der Waals surface area contributed by atoms with Crippen molar-refractivity contribution in [1.82, 2.24) is 89.3 Å². The number of benzene rings is 3. The first-order valence-electron chi connectivity index (χ1n) is 40.7. The van der Waals surface area contributed by atoms with Crippen molar-refractivity contribution in [2.75, 3.05) is 37.7 Å². The van der Waals surface area contributed by atoms with E-state index in [1.807, 2.05) is 0 Å². The van der Waals surface area contributed by atoms with Crippen molar-refractivity contribution in [1.29, 1.82) is 0 Å². The zero-order valence-corrected chi connectivity index (χ0v) is 71.8. The lowest BCUT2D eigenvalue weighted by Crippen LogP contribution is -2.61. The average molecular weight is 1800 g/mol. The second-order valence-corrected chi connectivity index (χ2v) is 31.4. The van der Waals surface area contributed by atoms with Gasteiger partial charge in [-0.3, -0.25) is 91.1 Å². The van der Waals surface area contributed by atoms with E-state index < -0.39 is 261 Å². The second-order valence-electron chi connectivity index (χ2n) is 30.7. The number of H-pyrrole nitrogens is 2.